The predicted molar refractivity (Wildman–Crippen MR) is 87.4 cm³/mol. The molecule has 0 N–H and O–H groups in total. The van der Waals surface area contributed by atoms with Gasteiger partial charge < -0.3 is 0 Å². The Labute approximate surface area is 122 Å². The van der Waals surface area contributed by atoms with Gasteiger partial charge in [-0.2, -0.15) is 0 Å². The van der Waals surface area contributed by atoms with Gasteiger partial charge in [-0.25, -0.2) is 0 Å². The Balaban J connectivity index is 2.04. The van der Waals surface area contributed by atoms with Crippen LogP contribution in [0.2, 0.25) is 0 Å². The Kier molecular flexibility index (Phi) is 1.23. The molecule has 0 heterocycles. The van der Waals surface area contributed by atoms with E-state index in [1.54, 1.807) is 65.7 Å². The quantitative estimate of drug-likeness (QED) is 0.343. The summed E-state index contributed by atoms with van der Waals surface area (Å²) in [7, 11) is 0. The van der Waals surface area contributed by atoms with Crippen molar-refractivity contribution < 1.29 is 0 Å². The highest BCUT2D eigenvalue weighted by Crippen LogP contribution is 2.52. The largest absolute Gasteiger partial charge is 0.0578 e. The first-order chi connectivity index (χ1) is 10.4. The van der Waals surface area contributed by atoms with Crippen molar-refractivity contribution in [2.24, 2.45) is 0 Å². The summed E-state index contributed by atoms with van der Waals surface area (Å²) in [6.45, 7) is 0. The van der Waals surface area contributed by atoms with E-state index in [0.29, 0.717) is 0 Å². The maximum Gasteiger partial charge on any atom is -0.00130 e. The van der Waals surface area contributed by atoms with E-state index < -0.39 is 0 Å². The van der Waals surface area contributed by atoms with Gasteiger partial charge in [-0.05, 0) is 85.0 Å². The fourth-order valence-corrected chi connectivity index (χ4v) is 5.28. The molecule has 0 radical (unpaired) electrons. The molecule has 3 aliphatic carbocycles. The average molecular weight is 264 g/mol. The lowest BCUT2D eigenvalue weighted by molar-refractivity contribution is 1.24. The zero-order chi connectivity index (χ0) is 13.3. The zero-order valence-electron chi connectivity index (χ0n) is 11.6. The lowest BCUT2D eigenvalue weighted by atomic mass is 9.95. The first kappa shape index (κ1) is 9.57. The van der Waals surface area contributed by atoms with E-state index in [4.69, 9.17) is 0 Å². The summed E-state index contributed by atoms with van der Waals surface area (Å²) in [5, 5.41) is 9.53. The smallest absolute Gasteiger partial charge is 0.00130 e. The molecule has 3 aliphatic rings. The molecular weight excluding hydrogens is 252 g/mol. The molecule has 0 spiro atoms. The lowest BCUT2D eigenvalue weighted by Crippen LogP contribution is -1.83. The van der Waals surface area contributed by atoms with E-state index in [-0.39, 0.29) is 0 Å². The summed E-state index contributed by atoms with van der Waals surface area (Å²) in [6, 6.07) is 14.3. The molecule has 0 unspecified atom stereocenters. The summed E-state index contributed by atoms with van der Waals surface area (Å²) >= 11 is 0. The van der Waals surface area contributed by atoms with Gasteiger partial charge in [0.2, 0.25) is 0 Å². The number of hydrogen-bond donors (Lipinski definition) is 0. The summed E-state index contributed by atoms with van der Waals surface area (Å²) in [4.78, 5) is 0. The molecule has 0 aromatic heterocycles. The van der Waals surface area contributed by atoms with Crippen LogP contribution in [-0.4, -0.2) is 0 Å². The molecular formula is C21H12. The lowest BCUT2D eigenvalue weighted by Gasteiger charge is -2.08. The zero-order valence-corrected chi connectivity index (χ0v) is 11.6. The molecule has 0 saturated carbocycles. The van der Waals surface area contributed by atoms with Crippen LogP contribution in [0, 0.1) is 0 Å². The van der Waals surface area contributed by atoms with Crippen molar-refractivity contribution in [1.82, 2.24) is 0 Å². The Morgan fingerprint density at radius 3 is 0.714 bits per heavy atom. The van der Waals surface area contributed by atoms with Crippen molar-refractivity contribution in [3.05, 3.63) is 69.8 Å². The van der Waals surface area contributed by atoms with Crippen LogP contribution in [0.1, 0.15) is 33.4 Å². The molecule has 0 heteroatoms. The summed E-state index contributed by atoms with van der Waals surface area (Å²) in [6.07, 6.45) is 3.39. The van der Waals surface area contributed by atoms with E-state index in [1.807, 2.05) is 0 Å². The summed E-state index contributed by atoms with van der Waals surface area (Å²) < 4.78 is 0. The van der Waals surface area contributed by atoms with Gasteiger partial charge >= 0.3 is 0 Å². The molecule has 0 atom stereocenters. The first-order valence-corrected chi connectivity index (χ1v) is 7.85. The van der Waals surface area contributed by atoms with E-state index in [9.17, 15) is 0 Å². The minimum Gasteiger partial charge on any atom is -0.0578 e. The van der Waals surface area contributed by atoms with Crippen molar-refractivity contribution in [3.8, 4) is 0 Å². The monoisotopic (exact) mass is 264 g/mol. The van der Waals surface area contributed by atoms with Crippen molar-refractivity contribution >= 4 is 32.3 Å². The van der Waals surface area contributed by atoms with Crippen LogP contribution in [0.4, 0.5) is 0 Å². The predicted octanol–water partition coefficient (Wildman–Crippen LogP) is 4.86. The topological polar surface area (TPSA) is 0 Å². The molecule has 0 amide bonds. The van der Waals surface area contributed by atoms with Crippen LogP contribution in [0.25, 0.3) is 32.3 Å². The molecule has 4 aromatic rings. The molecule has 4 aromatic carbocycles. The summed E-state index contributed by atoms with van der Waals surface area (Å²) in [5.74, 6) is 0. The second kappa shape index (κ2) is 2.69. The Bertz CT molecular complexity index is 920. The Morgan fingerprint density at radius 1 is 0.333 bits per heavy atom. The fourth-order valence-electron chi connectivity index (χ4n) is 5.28. The van der Waals surface area contributed by atoms with Crippen LogP contribution in [0.3, 0.4) is 0 Å². The maximum atomic E-state index is 2.38. The van der Waals surface area contributed by atoms with Crippen molar-refractivity contribution in [2.75, 3.05) is 0 Å². The number of hydrogen-bond acceptors (Lipinski definition) is 0. The van der Waals surface area contributed by atoms with Gasteiger partial charge in [0.1, 0.15) is 0 Å². The van der Waals surface area contributed by atoms with Crippen LogP contribution >= 0.6 is 0 Å². The maximum absolute atomic E-state index is 2.38. The third kappa shape index (κ3) is 0.820. The second-order valence-corrected chi connectivity index (χ2v) is 6.93. The standard InChI is InChI=1S/C21H12/c1-2-11-8-13-5-6-15-9-14-4-3-12-7-10(1)16-17(11)19(13)21(15)20(14)18(12)16/h1-6H,7-9H2. The molecule has 0 bridgehead atoms. The molecule has 0 nitrogen and oxygen atoms in total. The highest BCUT2D eigenvalue weighted by atomic mass is 14.3. The fraction of sp³-hybridized carbons (Fsp3) is 0.143. The highest BCUT2D eigenvalue weighted by molar-refractivity contribution is 6.33. The molecule has 96 valence electrons. The normalized spacial score (nSPS) is 16.0. The summed E-state index contributed by atoms with van der Waals surface area (Å²) in [5.41, 5.74) is 9.29. The van der Waals surface area contributed by atoms with Gasteiger partial charge in [0, 0.05) is 0 Å². The van der Waals surface area contributed by atoms with Crippen molar-refractivity contribution in [2.45, 2.75) is 19.3 Å². The van der Waals surface area contributed by atoms with Crippen LogP contribution in [0.15, 0.2) is 36.4 Å². The van der Waals surface area contributed by atoms with Crippen LogP contribution in [0.5, 0.6) is 0 Å². The number of rotatable bonds is 0. The van der Waals surface area contributed by atoms with Gasteiger partial charge in [-0.15, -0.1) is 0 Å². The van der Waals surface area contributed by atoms with E-state index in [0.717, 1.165) is 19.3 Å². The molecule has 0 aliphatic heterocycles. The van der Waals surface area contributed by atoms with E-state index in [1.165, 1.54) is 0 Å². The van der Waals surface area contributed by atoms with Crippen molar-refractivity contribution in [3.63, 3.8) is 0 Å². The van der Waals surface area contributed by atoms with Crippen LogP contribution < -0.4 is 0 Å². The van der Waals surface area contributed by atoms with Gasteiger partial charge in [0.25, 0.3) is 0 Å². The van der Waals surface area contributed by atoms with E-state index >= 15 is 0 Å². The second-order valence-electron chi connectivity index (χ2n) is 6.93. The minimum absolute atomic E-state index is 1.13. The molecule has 0 fully saturated rings. The number of benzene rings is 4. The Morgan fingerprint density at radius 2 is 0.524 bits per heavy atom. The SMILES string of the molecule is c1cc2c3c4c1Cc1ccc5c(c14)c1c(ccc(c31)C2)C5. The van der Waals surface area contributed by atoms with E-state index in [2.05, 4.69) is 36.4 Å². The molecule has 0 saturated heterocycles. The first-order valence-electron chi connectivity index (χ1n) is 7.85. The third-order valence-electron chi connectivity index (χ3n) is 6.03. The van der Waals surface area contributed by atoms with Gasteiger partial charge in [0.05, 0.1) is 0 Å². The highest BCUT2D eigenvalue weighted by Gasteiger charge is 2.30. The third-order valence-corrected chi connectivity index (χ3v) is 6.03. The average Bonchev–Trinajstić information content (AvgIpc) is 3.14. The van der Waals surface area contributed by atoms with Gasteiger partial charge in [-0.1, -0.05) is 36.4 Å². The minimum atomic E-state index is 1.13. The van der Waals surface area contributed by atoms with Crippen LogP contribution in [-0.2, 0) is 19.3 Å². The van der Waals surface area contributed by atoms with Gasteiger partial charge in [-0.3, -0.25) is 0 Å². The van der Waals surface area contributed by atoms with Crippen molar-refractivity contribution in [1.29, 1.82) is 0 Å². The Hall–Kier alpha value is -2.34. The van der Waals surface area contributed by atoms with Gasteiger partial charge in [0.15, 0.2) is 0 Å². The molecule has 21 heavy (non-hydrogen) atoms. The molecule has 7 rings (SSSR count).